The second kappa shape index (κ2) is 4.73. The molecule has 1 aromatic carbocycles. The second-order valence-corrected chi connectivity index (χ2v) is 5.31. The first-order valence-corrected chi connectivity index (χ1v) is 7.12. The van der Waals surface area contributed by atoms with Crippen molar-refractivity contribution in [2.45, 2.75) is 25.7 Å². The Bertz CT molecular complexity index is 803. The van der Waals surface area contributed by atoms with Gasteiger partial charge in [0.05, 0.1) is 11.1 Å². The fraction of sp³-hybridized carbons (Fsp3) is 0.267. The van der Waals surface area contributed by atoms with Crippen molar-refractivity contribution in [1.82, 2.24) is 20.2 Å². The summed E-state index contributed by atoms with van der Waals surface area (Å²) in [5, 5.41) is 10.2. The summed E-state index contributed by atoms with van der Waals surface area (Å²) in [6, 6.07) is 5.84. The molecule has 6 heteroatoms. The number of H-pyrrole nitrogens is 2. The van der Waals surface area contributed by atoms with E-state index in [0.717, 1.165) is 23.7 Å². The fourth-order valence-electron chi connectivity index (χ4n) is 3.06. The minimum Gasteiger partial charge on any atom is -0.358 e. The summed E-state index contributed by atoms with van der Waals surface area (Å²) in [5.41, 5.74) is 4.20. The van der Waals surface area contributed by atoms with Crippen LogP contribution in [0.3, 0.4) is 0 Å². The standard InChI is InChI=1S/C15H15N5O/c21-14(19-15-16-8-17-20-15)11-6-3-5-10-9-4-1-2-7-12(9)18-13(10)11/h3,5-6,8,18H,1-2,4,7H2,(H2,16,17,19,20,21). The number of nitrogens with one attached hydrogen (secondary N) is 3. The van der Waals surface area contributed by atoms with E-state index in [0.29, 0.717) is 11.5 Å². The summed E-state index contributed by atoms with van der Waals surface area (Å²) in [4.78, 5) is 19.8. The van der Waals surface area contributed by atoms with Gasteiger partial charge in [0.2, 0.25) is 5.95 Å². The first-order chi connectivity index (χ1) is 10.3. The van der Waals surface area contributed by atoms with Gasteiger partial charge in [0.15, 0.2) is 0 Å². The smallest absolute Gasteiger partial charge is 0.260 e. The lowest BCUT2D eigenvalue weighted by Gasteiger charge is -2.10. The van der Waals surface area contributed by atoms with E-state index in [-0.39, 0.29) is 5.91 Å². The predicted molar refractivity (Wildman–Crippen MR) is 79.3 cm³/mol. The van der Waals surface area contributed by atoms with Crippen LogP contribution in [0.15, 0.2) is 24.5 Å². The van der Waals surface area contributed by atoms with E-state index in [2.05, 4.69) is 31.5 Å². The van der Waals surface area contributed by atoms with E-state index in [1.807, 2.05) is 12.1 Å². The number of aromatic amines is 2. The molecule has 2 heterocycles. The molecule has 1 aliphatic carbocycles. The highest BCUT2D eigenvalue weighted by atomic mass is 16.1. The molecule has 0 saturated carbocycles. The van der Waals surface area contributed by atoms with Gasteiger partial charge in [-0.2, -0.15) is 10.1 Å². The van der Waals surface area contributed by atoms with Gasteiger partial charge in [-0.1, -0.05) is 12.1 Å². The quantitative estimate of drug-likeness (QED) is 0.674. The van der Waals surface area contributed by atoms with Crippen LogP contribution in [-0.4, -0.2) is 26.1 Å². The number of rotatable bonds is 2. The van der Waals surface area contributed by atoms with Crippen molar-refractivity contribution >= 4 is 22.8 Å². The zero-order valence-corrected chi connectivity index (χ0v) is 11.4. The highest BCUT2D eigenvalue weighted by molar-refractivity contribution is 6.12. The van der Waals surface area contributed by atoms with Crippen LogP contribution in [0.5, 0.6) is 0 Å². The average Bonchev–Trinajstić information content (AvgIpc) is 3.13. The summed E-state index contributed by atoms with van der Waals surface area (Å²) < 4.78 is 0. The van der Waals surface area contributed by atoms with Gasteiger partial charge in [0, 0.05) is 11.1 Å². The highest BCUT2D eigenvalue weighted by Gasteiger charge is 2.19. The Balaban J connectivity index is 1.78. The summed E-state index contributed by atoms with van der Waals surface area (Å²) in [5.74, 6) is 0.171. The van der Waals surface area contributed by atoms with E-state index >= 15 is 0 Å². The number of nitrogens with zero attached hydrogens (tertiary/aromatic N) is 2. The molecule has 1 amide bonds. The zero-order chi connectivity index (χ0) is 14.2. The number of para-hydroxylation sites is 1. The molecule has 0 bridgehead atoms. The monoisotopic (exact) mass is 281 g/mol. The van der Waals surface area contributed by atoms with E-state index < -0.39 is 0 Å². The first-order valence-electron chi connectivity index (χ1n) is 7.12. The lowest BCUT2D eigenvalue weighted by Crippen LogP contribution is -2.13. The summed E-state index contributed by atoms with van der Waals surface area (Å²) in [7, 11) is 0. The molecule has 6 nitrogen and oxygen atoms in total. The van der Waals surface area contributed by atoms with Crippen LogP contribution in [0.4, 0.5) is 5.95 Å². The Kier molecular flexibility index (Phi) is 2.73. The van der Waals surface area contributed by atoms with E-state index in [9.17, 15) is 4.79 Å². The molecule has 0 unspecified atom stereocenters. The van der Waals surface area contributed by atoms with Crippen molar-refractivity contribution in [3.63, 3.8) is 0 Å². The molecule has 21 heavy (non-hydrogen) atoms. The minimum atomic E-state index is -0.184. The predicted octanol–water partition coefficient (Wildman–Crippen LogP) is 2.42. The maximum absolute atomic E-state index is 12.4. The molecule has 0 atom stereocenters. The van der Waals surface area contributed by atoms with Crippen molar-refractivity contribution in [3.8, 4) is 0 Å². The van der Waals surface area contributed by atoms with Crippen LogP contribution in [0.25, 0.3) is 10.9 Å². The van der Waals surface area contributed by atoms with E-state index in [1.54, 1.807) is 0 Å². The molecule has 0 fully saturated rings. The van der Waals surface area contributed by atoms with E-state index in [1.165, 1.54) is 30.4 Å². The van der Waals surface area contributed by atoms with E-state index in [4.69, 9.17) is 0 Å². The Morgan fingerprint density at radius 2 is 2.14 bits per heavy atom. The topological polar surface area (TPSA) is 86.5 Å². The van der Waals surface area contributed by atoms with Gasteiger partial charge in [-0.05, 0) is 37.3 Å². The summed E-state index contributed by atoms with van der Waals surface area (Å²) >= 11 is 0. The molecule has 0 radical (unpaired) electrons. The van der Waals surface area contributed by atoms with Gasteiger partial charge in [0.1, 0.15) is 6.33 Å². The van der Waals surface area contributed by atoms with Crippen LogP contribution in [0.1, 0.15) is 34.5 Å². The summed E-state index contributed by atoms with van der Waals surface area (Å²) in [6.07, 6.45) is 5.94. The maximum atomic E-state index is 12.4. The molecule has 3 aromatic rings. The molecule has 0 saturated heterocycles. The number of fused-ring (bicyclic) bond motifs is 3. The van der Waals surface area contributed by atoms with Gasteiger partial charge >= 0.3 is 0 Å². The number of aryl methyl sites for hydroxylation is 2. The molecular formula is C15H15N5O. The fourth-order valence-corrected chi connectivity index (χ4v) is 3.06. The Morgan fingerprint density at radius 3 is 3.00 bits per heavy atom. The lowest BCUT2D eigenvalue weighted by molar-refractivity contribution is 0.102. The van der Waals surface area contributed by atoms with Crippen molar-refractivity contribution in [2.75, 3.05) is 5.32 Å². The minimum absolute atomic E-state index is 0.184. The molecular weight excluding hydrogens is 266 g/mol. The molecule has 0 aliphatic heterocycles. The normalized spacial score (nSPS) is 14.1. The number of carbonyl (C=O) groups excluding carboxylic acids is 1. The van der Waals surface area contributed by atoms with Crippen molar-refractivity contribution in [3.05, 3.63) is 41.3 Å². The van der Waals surface area contributed by atoms with Gasteiger partial charge in [0.25, 0.3) is 5.91 Å². The Labute approximate surface area is 121 Å². The Morgan fingerprint density at radius 1 is 1.24 bits per heavy atom. The number of benzene rings is 1. The number of anilines is 1. The second-order valence-electron chi connectivity index (χ2n) is 5.31. The highest BCUT2D eigenvalue weighted by Crippen LogP contribution is 2.30. The third-order valence-electron chi connectivity index (χ3n) is 4.02. The first kappa shape index (κ1) is 12.1. The molecule has 2 aromatic heterocycles. The van der Waals surface area contributed by atoms with Crippen molar-refractivity contribution < 1.29 is 4.79 Å². The largest absolute Gasteiger partial charge is 0.358 e. The van der Waals surface area contributed by atoms with Gasteiger partial charge in [-0.3, -0.25) is 10.1 Å². The summed E-state index contributed by atoms with van der Waals surface area (Å²) in [6.45, 7) is 0. The molecule has 4 rings (SSSR count). The van der Waals surface area contributed by atoms with Crippen LogP contribution < -0.4 is 5.32 Å². The van der Waals surface area contributed by atoms with Crippen molar-refractivity contribution in [1.29, 1.82) is 0 Å². The average molecular weight is 281 g/mol. The molecule has 0 spiro atoms. The van der Waals surface area contributed by atoms with Crippen LogP contribution in [0.2, 0.25) is 0 Å². The molecule has 1 aliphatic rings. The number of hydrogen-bond donors (Lipinski definition) is 3. The van der Waals surface area contributed by atoms with Crippen molar-refractivity contribution in [2.24, 2.45) is 0 Å². The third-order valence-corrected chi connectivity index (χ3v) is 4.02. The maximum Gasteiger partial charge on any atom is 0.260 e. The molecule has 106 valence electrons. The SMILES string of the molecule is O=C(Nc1ncn[nH]1)c1cccc2c3c([nH]c12)CCCC3. The zero-order valence-electron chi connectivity index (χ0n) is 11.4. The number of aromatic nitrogens is 4. The van der Waals surface area contributed by atoms with Crippen LogP contribution >= 0.6 is 0 Å². The Hall–Kier alpha value is -2.63. The van der Waals surface area contributed by atoms with Gasteiger partial charge in [-0.15, -0.1) is 0 Å². The van der Waals surface area contributed by atoms with Gasteiger partial charge in [-0.25, -0.2) is 5.10 Å². The van der Waals surface area contributed by atoms with Gasteiger partial charge < -0.3 is 4.98 Å². The van der Waals surface area contributed by atoms with Crippen LogP contribution in [-0.2, 0) is 12.8 Å². The van der Waals surface area contributed by atoms with Crippen LogP contribution in [0, 0.1) is 0 Å². The third kappa shape index (κ3) is 1.99. The number of hydrogen-bond acceptors (Lipinski definition) is 3. The molecule has 3 N–H and O–H groups in total. The number of amides is 1. The lowest BCUT2D eigenvalue weighted by atomic mass is 9.95. The number of carbonyl (C=O) groups is 1.